The average Bonchev–Trinajstić information content (AvgIpc) is 2.52. The van der Waals surface area contributed by atoms with Crippen molar-refractivity contribution in [1.82, 2.24) is 9.62 Å². The Kier molecular flexibility index (Phi) is 5.78. The average molecular weight is 378 g/mol. The SMILES string of the molecule is CC(C)NS(=O)(=O)c1ccc(C(=O)N2CCC[C@H](C(F)(F)F)C2)cc1. The van der Waals surface area contributed by atoms with Crippen LogP contribution in [0.15, 0.2) is 29.2 Å². The van der Waals surface area contributed by atoms with Gasteiger partial charge in [-0.1, -0.05) is 0 Å². The predicted octanol–water partition coefficient (Wildman–Crippen LogP) is 2.79. The molecule has 2 rings (SSSR count). The first-order valence-corrected chi connectivity index (χ1v) is 9.47. The highest BCUT2D eigenvalue weighted by molar-refractivity contribution is 7.89. The fourth-order valence-corrected chi connectivity index (χ4v) is 4.02. The lowest BCUT2D eigenvalue weighted by molar-refractivity contribution is -0.184. The molecular weight excluding hydrogens is 357 g/mol. The molecule has 1 atom stereocenters. The van der Waals surface area contributed by atoms with E-state index in [1.807, 2.05) is 0 Å². The highest BCUT2D eigenvalue weighted by atomic mass is 32.2. The van der Waals surface area contributed by atoms with Crippen LogP contribution in [0, 0.1) is 5.92 Å². The molecule has 1 aromatic rings. The van der Waals surface area contributed by atoms with Crippen molar-refractivity contribution in [2.75, 3.05) is 13.1 Å². The van der Waals surface area contributed by atoms with E-state index in [1.165, 1.54) is 29.2 Å². The topological polar surface area (TPSA) is 66.5 Å². The van der Waals surface area contributed by atoms with Crippen LogP contribution in [-0.2, 0) is 10.0 Å². The lowest BCUT2D eigenvalue weighted by atomic mass is 9.97. The quantitative estimate of drug-likeness (QED) is 0.876. The Hall–Kier alpha value is -1.61. The van der Waals surface area contributed by atoms with E-state index >= 15 is 0 Å². The molecule has 0 aromatic heterocycles. The maximum atomic E-state index is 12.9. The molecule has 1 aliphatic heterocycles. The first kappa shape index (κ1) is 19.7. The molecule has 1 N–H and O–H groups in total. The molecule has 0 aliphatic carbocycles. The molecule has 0 spiro atoms. The molecule has 140 valence electrons. The van der Waals surface area contributed by atoms with E-state index < -0.39 is 28.0 Å². The van der Waals surface area contributed by atoms with Gasteiger partial charge in [-0.2, -0.15) is 13.2 Å². The Morgan fingerprint density at radius 2 is 1.84 bits per heavy atom. The van der Waals surface area contributed by atoms with E-state index in [4.69, 9.17) is 0 Å². The summed E-state index contributed by atoms with van der Waals surface area (Å²) < 4.78 is 65.1. The van der Waals surface area contributed by atoms with Crippen molar-refractivity contribution in [3.8, 4) is 0 Å². The number of nitrogens with zero attached hydrogens (tertiary/aromatic N) is 1. The Balaban J connectivity index is 2.13. The molecule has 0 radical (unpaired) electrons. The van der Waals surface area contributed by atoms with Crippen LogP contribution in [0.2, 0.25) is 0 Å². The largest absolute Gasteiger partial charge is 0.393 e. The third-order valence-corrected chi connectivity index (χ3v) is 5.65. The number of rotatable bonds is 4. The number of alkyl halides is 3. The number of amides is 1. The van der Waals surface area contributed by atoms with Crippen LogP contribution in [0.25, 0.3) is 0 Å². The predicted molar refractivity (Wildman–Crippen MR) is 86.6 cm³/mol. The number of piperidine rings is 1. The molecule has 1 aliphatic rings. The number of likely N-dealkylation sites (tertiary alicyclic amines) is 1. The van der Waals surface area contributed by atoms with Gasteiger partial charge in [-0.25, -0.2) is 13.1 Å². The Morgan fingerprint density at radius 3 is 2.36 bits per heavy atom. The summed E-state index contributed by atoms with van der Waals surface area (Å²) in [4.78, 5) is 13.6. The summed E-state index contributed by atoms with van der Waals surface area (Å²) in [6.07, 6.45) is -4.01. The van der Waals surface area contributed by atoms with Crippen LogP contribution >= 0.6 is 0 Å². The molecular formula is C16H21F3N2O3S. The normalized spacial score (nSPS) is 19.3. The summed E-state index contributed by atoms with van der Waals surface area (Å²) in [5, 5.41) is 0. The summed E-state index contributed by atoms with van der Waals surface area (Å²) >= 11 is 0. The van der Waals surface area contributed by atoms with Gasteiger partial charge in [0.15, 0.2) is 0 Å². The summed E-state index contributed by atoms with van der Waals surface area (Å²) in [5.41, 5.74) is 0.173. The lowest BCUT2D eigenvalue weighted by Gasteiger charge is -2.33. The van der Waals surface area contributed by atoms with E-state index in [9.17, 15) is 26.4 Å². The smallest absolute Gasteiger partial charge is 0.338 e. The van der Waals surface area contributed by atoms with Crippen molar-refractivity contribution in [3.05, 3.63) is 29.8 Å². The van der Waals surface area contributed by atoms with Gasteiger partial charge in [-0.15, -0.1) is 0 Å². The van der Waals surface area contributed by atoms with Crippen molar-refractivity contribution in [3.63, 3.8) is 0 Å². The fourth-order valence-electron chi connectivity index (χ4n) is 2.77. The van der Waals surface area contributed by atoms with Crippen LogP contribution in [0.5, 0.6) is 0 Å². The minimum Gasteiger partial charge on any atom is -0.338 e. The van der Waals surface area contributed by atoms with Gasteiger partial charge >= 0.3 is 6.18 Å². The molecule has 1 amide bonds. The van der Waals surface area contributed by atoms with Gasteiger partial charge in [-0.3, -0.25) is 4.79 Å². The number of halogens is 3. The maximum Gasteiger partial charge on any atom is 0.393 e. The summed E-state index contributed by atoms with van der Waals surface area (Å²) in [5.74, 6) is -2.03. The van der Waals surface area contributed by atoms with Gasteiger partial charge in [0.05, 0.1) is 10.8 Å². The Labute approximate surface area is 145 Å². The van der Waals surface area contributed by atoms with Gasteiger partial charge in [0.1, 0.15) is 0 Å². The van der Waals surface area contributed by atoms with E-state index in [0.29, 0.717) is 6.42 Å². The van der Waals surface area contributed by atoms with Gasteiger partial charge in [-0.05, 0) is 51.0 Å². The third-order valence-electron chi connectivity index (χ3n) is 3.97. The highest BCUT2D eigenvalue weighted by Gasteiger charge is 2.42. The van der Waals surface area contributed by atoms with Gasteiger partial charge in [0, 0.05) is 24.7 Å². The lowest BCUT2D eigenvalue weighted by Crippen LogP contribution is -2.44. The Morgan fingerprint density at radius 1 is 1.24 bits per heavy atom. The van der Waals surface area contributed by atoms with Crippen molar-refractivity contribution in [2.45, 2.75) is 43.8 Å². The molecule has 1 heterocycles. The fraction of sp³-hybridized carbons (Fsp3) is 0.562. The number of sulfonamides is 1. The summed E-state index contributed by atoms with van der Waals surface area (Å²) in [6.45, 7) is 3.27. The second-order valence-electron chi connectivity index (χ2n) is 6.43. The zero-order valence-electron chi connectivity index (χ0n) is 14.0. The summed E-state index contributed by atoms with van der Waals surface area (Å²) in [6, 6.07) is 4.94. The molecule has 1 aromatic carbocycles. The van der Waals surface area contributed by atoms with Crippen molar-refractivity contribution in [2.24, 2.45) is 5.92 Å². The number of carbonyl (C=O) groups excluding carboxylic acids is 1. The molecule has 25 heavy (non-hydrogen) atoms. The second-order valence-corrected chi connectivity index (χ2v) is 8.15. The minimum atomic E-state index is -4.32. The molecule has 5 nitrogen and oxygen atoms in total. The van der Waals surface area contributed by atoms with Crippen LogP contribution in [-0.4, -0.2) is 44.5 Å². The van der Waals surface area contributed by atoms with Crippen LogP contribution in [0.4, 0.5) is 13.2 Å². The molecule has 0 bridgehead atoms. The van der Waals surface area contributed by atoms with Crippen molar-refractivity contribution >= 4 is 15.9 Å². The van der Waals surface area contributed by atoms with E-state index in [1.54, 1.807) is 13.8 Å². The van der Waals surface area contributed by atoms with Crippen LogP contribution in [0.1, 0.15) is 37.0 Å². The van der Waals surface area contributed by atoms with Crippen LogP contribution in [0.3, 0.4) is 0 Å². The van der Waals surface area contributed by atoms with Crippen molar-refractivity contribution < 1.29 is 26.4 Å². The number of hydrogen-bond donors (Lipinski definition) is 1. The monoisotopic (exact) mass is 378 g/mol. The number of carbonyl (C=O) groups is 1. The standard InChI is InChI=1S/C16H21F3N2O3S/c1-11(2)20-25(23,24)14-7-5-12(6-8-14)15(22)21-9-3-4-13(10-21)16(17,18)19/h5-8,11,13,20H,3-4,9-10H2,1-2H3/t13-/m0/s1. The number of hydrogen-bond acceptors (Lipinski definition) is 3. The number of nitrogens with one attached hydrogen (secondary N) is 1. The van der Waals surface area contributed by atoms with Crippen molar-refractivity contribution in [1.29, 1.82) is 0 Å². The molecule has 0 unspecified atom stereocenters. The first-order chi connectivity index (χ1) is 11.5. The van der Waals surface area contributed by atoms with Gasteiger partial charge < -0.3 is 4.90 Å². The molecule has 1 saturated heterocycles. The summed E-state index contributed by atoms with van der Waals surface area (Å²) in [7, 11) is -3.68. The second kappa shape index (κ2) is 7.33. The maximum absolute atomic E-state index is 12.9. The van der Waals surface area contributed by atoms with Crippen LogP contribution < -0.4 is 4.72 Å². The highest BCUT2D eigenvalue weighted by Crippen LogP contribution is 2.33. The zero-order valence-corrected chi connectivity index (χ0v) is 14.8. The van der Waals surface area contributed by atoms with Gasteiger partial charge in [0.25, 0.3) is 5.91 Å². The third kappa shape index (κ3) is 4.94. The van der Waals surface area contributed by atoms with E-state index in [2.05, 4.69) is 4.72 Å². The minimum absolute atomic E-state index is 0.00422. The Bertz CT molecular complexity index is 715. The zero-order chi connectivity index (χ0) is 18.8. The number of benzene rings is 1. The van der Waals surface area contributed by atoms with E-state index in [-0.39, 0.29) is 36.0 Å². The van der Waals surface area contributed by atoms with Gasteiger partial charge in [0.2, 0.25) is 10.0 Å². The van der Waals surface area contributed by atoms with E-state index in [0.717, 1.165) is 0 Å². The molecule has 1 fully saturated rings. The molecule has 0 saturated carbocycles. The molecule has 9 heteroatoms. The first-order valence-electron chi connectivity index (χ1n) is 7.99.